The highest BCUT2D eigenvalue weighted by molar-refractivity contribution is 7.13. The van der Waals surface area contributed by atoms with Crippen LogP contribution in [0.3, 0.4) is 0 Å². The number of methoxy groups -OCH3 is 2. The molecule has 1 saturated heterocycles. The predicted molar refractivity (Wildman–Crippen MR) is 158 cm³/mol. The number of nitrogens with zero attached hydrogens (tertiary/aromatic N) is 1. The second kappa shape index (κ2) is 13.2. The maximum Gasteiger partial charge on any atom is 0.264 e. The number of nitrogens with one attached hydrogen (secondary N) is 2. The van der Waals surface area contributed by atoms with Crippen molar-refractivity contribution in [2.75, 3.05) is 33.9 Å². The van der Waals surface area contributed by atoms with Crippen molar-refractivity contribution in [3.05, 3.63) is 69.4 Å². The van der Waals surface area contributed by atoms with Crippen LogP contribution in [0.2, 0.25) is 0 Å². The maximum atomic E-state index is 13.3. The number of carbonyl (C=O) groups is 3. The van der Waals surface area contributed by atoms with E-state index in [1.165, 1.54) is 18.4 Å². The van der Waals surface area contributed by atoms with Crippen LogP contribution in [-0.2, 0) is 22.6 Å². The van der Waals surface area contributed by atoms with Gasteiger partial charge in [0.2, 0.25) is 5.91 Å². The van der Waals surface area contributed by atoms with E-state index in [1.807, 2.05) is 37.3 Å². The summed E-state index contributed by atoms with van der Waals surface area (Å²) in [5, 5.41) is 5.99. The zero-order chi connectivity index (χ0) is 29.6. The van der Waals surface area contributed by atoms with Crippen LogP contribution in [0.5, 0.6) is 23.0 Å². The summed E-state index contributed by atoms with van der Waals surface area (Å²) in [6.07, 6.45) is 0.870. The zero-order valence-electron chi connectivity index (χ0n) is 23.9. The average Bonchev–Trinajstić information content (AvgIpc) is 3.44. The minimum atomic E-state index is -0.486. The molecule has 2 atom stereocenters. The first-order chi connectivity index (χ1) is 20.3. The molecule has 0 saturated carbocycles. The van der Waals surface area contributed by atoms with Gasteiger partial charge < -0.3 is 34.5 Å². The lowest BCUT2D eigenvalue weighted by Gasteiger charge is -2.38. The highest BCUT2D eigenvalue weighted by atomic mass is 32.1. The molecular formula is C31H35N3O7S. The second-order valence-corrected chi connectivity index (χ2v) is 11.6. The molecule has 6 rings (SSSR count). The van der Waals surface area contributed by atoms with Crippen molar-refractivity contribution in [1.29, 1.82) is 0 Å². The quantitative estimate of drug-likeness (QED) is 0.478. The van der Waals surface area contributed by atoms with Crippen molar-refractivity contribution >= 4 is 29.1 Å². The van der Waals surface area contributed by atoms with E-state index in [0.29, 0.717) is 53.8 Å². The molecule has 11 heteroatoms. The molecule has 4 bridgehead atoms. The molecule has 3 amide bonds. The third-order valence-corrected chi connectivity index (χ3v) is 8.37. The summed E-state index contributed by atoms with van der Waals surface area (Å²) in [6.45, 7) is 2.78. The molecule has 0 radical (unpaired) electrons. The van der Waals surface area contributed by atoms with Crippen molar-refractivity contribution < 1.29 is 33.3 Å². The number of aryl methyl sites for hydroxylation is 2. The standard InChI is InChI=1S/C31H35N3O7S/c1-19-4-10-28(42-19)31(37)34-13-12-24-23(17-34)33-30(36)18-40-27-14-20(5-9-25(27)38-2)6-11-29(35)32-16-21-7-8-22(41-24)15-26(21)39-3/h4-5,7-10,14-15,23-24H,6,11-13,16-18H2,1-3H3,(H,32,35)(H,33,36)/t23-,24+/m1/s1. The van der Waals surface area contributed by atoms with Crippen LogP contribution in [0.15, 0.2) is 48.5 Å². The highest BCUT2D eigenvalue weighted by Crippen LogP contribution is 2.30. The first-order valence-corrected chi connectivity index (χ1v) is 14.7. The summed E-state index contributed by atoms with van der Waals surface area (Å²) in [5.74, 6) is 1.52. The topological polar surface area (TPSA) is 115 Å². The lowest BCUT2D eigenvalue weighted by atomic mass is 10.0. The molecule has 0 aliphatic carbocycles. The van der Waals surface area contributed by atoms with Crippen molar-refractivity contribution in [3.8, 4) is 23.0 Å². The van der Waals surface area contributed by atoms with Crippen LogP contribution in [-0.4, -0.2) is 68.7 Å². The fourth-order valence-corrected chi connectivity index (χ4v) is 5.98. The SMILES string of the molecule is COc1cc2ccc1CNC(=O)CCc1ccc(OC)c(c1)OCC(=O)N[C@@H]1CN(C(=O)c3ccc(C)s3)CC[C@@H]1O2. The lowest BCUT2D eigenvalue weighted by Crippen LogP contribution is -2.58. The summed E-state index contributed by atoms with van der Waals surface area (Å²) >= 11 is 1.45. The number of carbonyl (C=O) groups excluding carboxylic acids is 3. The number of fused-ring (bicyclic) bond motifs is 9. The summed E-state index contributed by atoms with van der Waals surface area (Å²) in [5.41, 5.74) is 1.69. The van der Waals surface area contributed by atoms with Crippen molar-refractivity contribution in [1.82, 2.24) is 15.5 Å². The molecule has 3 aliphatic heterocycles. The van der Waals surface area contributed by atoms with Crippen molar-refractivity contribution in [2.24, 2.45) is 0 Å². The number of hydrogen-bond acceptors (Lipinski definition) is 8. The third kappa shape index (κ3) is 6.96. The Hall–Kier alpha value is -4.25. The second-order valence-electron chi connectivity index (χ2n) is 10.3. The monoisotopic (exact) mass is 593 g/mol. The van der Waals surface area contributed by atoms with Gasteiger partial charge in [0.25, 0.3) is 11.8 Å². The number of piperidine rings is 1. The molecule has 1 fully saturated rings. The van der Waals surface area contributed by atoms with Crippen LogP contribution in [0.4, 0.5) is 0 Å². The van der Waals surface area contributed by atoms with Gasteiger partial charge in [-0.05, 0) is 55.3 Å². The molecule has 3 aliphatic rings. The maximum absolute atomic E-state index is 13.3. The number of benzene rings is 2. The van der Waals surface area contributed by atoms with Gasteiger partial charge in [-0.25, -0.2) is 0 Å². The normalized spacial score (nSPS) is 19.5. The molecule has 2 aromatic carbocycles. The Morgan fingerprint density at radius 3 is 2.60 bits per heavy atom. The first-order valence-electron chi connectivity index (χ1n) is 13.9. The largest absolute Gasteiger partial charge is 0.496 e. The summed E-state index contributed by atoms with van der Waals surface area (Å²) < 4.78 is 23.3. The van der Waals surface area contributed by atoms with Crippen LogP contribution >= 0.6 is 11.3 Å². The summed E-state index contributed by atoms with van der Waals surface area (Å²) in [4.78, 5) is 42.5. The first kappa shape index (κ1) is 29.2. The van der Waals surface area contributed by atoms with E-state index in [-0.39, 0.29) is 37.3 Å². The number of ether oxygens (including phenoxy) is 4. The minimum Gasteiger partial charge on any atom is -0.496 e. The van der Waals surface area contributed by atoms with Crippen molar-refractivity contribution in [3.63, 3.8) is 0 Å². The van der Waals surface area contributed by atoms with Gasteiger partial charge in [-0.2, -0.15) is 0 Å². The molecule has 1 aromatic heterocycles. The fourth-order valence-electron chi connectivity index (χ4n) is 5.14. The Labute approximate surface area is 248 Å². The van der Waals surface area contributed by atoms with Gasteiger partial charge in [-0.3, -0.25) is 14.4 Å². The fraction of sp³-hybridized carbons (Fsp3) is 0.387. The molecule has 222 valence electrons. The molecule has 2 N–H and O–H groups in total. The molecular weight excluding hydrogens is 558 g/mol. The lowest BCUT2D eigenvalue weighted by molar-refractivity contribution is -0.125. The van der Waals surface area contributed by atoms with Gasteiger partial charge in [0.05, 0.1) is 25.1 Å². The van der Waals surface area contributed by atoms with Gasteiger partial charge in [0, 0.05) is 49.0 Å². The molecule has 10 nitrogen and oxygen atoms in total. The van der Waals surface area contributed by atoms with Gasteiger partial charge >= 0.3 is 0 Å². The molecule has 3 aromatic rings. The van der Waals surface area contributed by atoms with Gasteiger partial charge in [-0.1, -0.05) is 6.07 Å². The molecule has 0 unspecified atom stereocenters. The predicted octanol–water partition coefficient (Wildman–Crippen LogP) is 3.49. The van der Waals surface area contributed by atoms with Gasteiger partial charge in [-0.15, -0.1) is 11.3 Å². The number of hydrogen-bond donors (Lipinski definition) is 2. The van der Waals surface area contributed by atoms with E-state index in [4.69, 9.17) is 18.9 Å². The number of thiophene rings is 1. The smallest absolute Gasteiger partial charge is 0.264 e. The van der Waals surface area contributed by atoms with Crippen LogP contribution in [0.25, 0.3) is 0 Å². The Balaban J connectivity index is 1.42. The zero-order valence-corrected chi connectivity index (χ0v) is 24.8. The van der Waals surface area contributed by atoms with Crippen LogP contribution in [0.1, 0.15) is 38.5 Å². The molecule has 42 heavy (non-hydrogen) atoms. The van der Waals surface area contributed by atoms with E-state index in [0.717, 1.165) is 16.0 Å². The van der Waals surface area contributed by atoms with Gasteiger partial charge in [0.1, 0.15) is 17.6 Å². The number of likely N-dealkylation sites (tertiary alicyclic amines) is 1. The summed E-state index contributed by atoms with van der Waals surface area (Å²) in [7, 11) is 3.10. The van der Waals surface area contributed by atoms with E-state index >= 15 is 0 Å². The van der Waals surface area contributed by atoms with Crippen LogP contribution < -0.4 is 29.6 Å². The highest BCUT2D eigenvalue weighted by Gasteiger charge is 2.35. The Bertz CT molecular complexity index is 1460. The van der Waals surface area contributed by atoms with Crippen LogP contribution in [0, 0.1) is 6.92 Å². The Kier molecular flexibility index (Phi) is 9.16. The van der Waals surface area contributed by atoms with Crippen molar-refractivity contribution in [2.45, 2.75) is 44.9 Å². The van der Waals surface area contributed by atoms with Gasteiger partial charge in [0.15, 0.2) is 18.1 Å². The molecule has 4 heterocycles. The Morgan fingerprint density at radius 2 is 1.83 bits per heavy atom. The number of amides is 3. The van der Waals surface area contributed by atoms with E-state index < -0.39 is 12.1 Å². The van der Waals surface area contributed by atoms with E-state index in [2.05, 4.69) is 10.6 Å². The molecule has 0 spiro atoms. The minimum absolute atomic E-state index is 0.0674. The number of rotatable bonds is 3. The Morgan fingerprint density at radius 1 is 1.00 bits per heavy atom. The van der Waals surface area contributed by atoms with E-state index in [1.54, 1.807) is 30.2 Å². The summed E-state index contributed by atoms with van der Waals surface area (Å²) in [6, 6.07) is 14.1. The average molecular weight is 594 g/mol. The van der Waals surface area contributed by atoms with E-state index in [9.17, 15) is 14.4 Å². The third-order valence-electron chi connectivity index (χ3n) is 7.38.